The molecule has 3 atom stereocenters. The molecule has 1 saturated carbocycles. The first-order valence-electron chi connectivity index (χ1n) is 6.89. The fraction of sp³-hybridized carbons (Fsp3) is 0.786. The molecule has 2 N–H and O–H groups in total. The number of nitrogens with zero attached hydrogens (tertiary/aromatic N) is 2. The molecule has 0 radical (unpaired) electrons. The molecule has 3 unspecified atom stereocenters. The van der Waals surface area contributed by atoms with Crippen molar-refractivity contribution in [3.8, 4) is 0 Å². The maximum atomic E-state index is 6.47. The van der Waals surface area contributed by atoms with Gasteiger partial charge in [0.15, 0.2) is 0 Å². The minimum Gasteiger partial charge on any atom is -0.324 e. The lowest BCUT2D eigenvalue weighted by Crippen LogP contribution is -2.26. The van der Waals surface area contributed by atoms with Crippen LogP contribution in [0, 0.1) is 11.8 Å². The first-order valence-corrected chi connectivity index (χ1v) is 6.89. The summed E-state index contributed by atoms with van der Waals surface area (Å²) >= 11 is 0. The van der Waals surface area contributed by atoms with Gasteiger partial charge in [-0.3, -0.25) is 4.68 Å². The highest BCUT2D eigenvalue weighted by atomic mass is 15.3. The lowest BCUT2D eigenvalue weighted by Gasteiger charge is -2.31. The predicted molar refractivity (Wildman–Crippen MR) is 70.6 cm³/mol. The van der Waals surface area contributed by atoms with Crippen molar-refractivity contribution in [2.24, 2.45) is 24.6 Å². The highest BCUT2D eigenvalue weighted by Gasteiger charge is 2.27. The van der Waals surface area contributed by atoms with Crippen molar-refractivity contribution in [1.29, 1.82) is 0 Å². The number of aryl methyl sites for hydroxylation is 2. The average molecular weight is 235 g/mol. The van der Waals surface area contributed by atoms with Crippen LogP contribution in [0.5, 0.6) is 0 Å². The molecule has 0 aliphatic heterocycles. The summed E-state index contributed by atoms with van der Waals surface area (Å²) in [4.78, 5) is 0. The molecule has 1 aliphatic carbocycles. The van der Waals surface area contributed by atoms with Gasteiger partial charge in [0.05, 0.1) is 5.69 Å². The highest BCUT2D eigenvalue weighted by Crippen LogP contribution is 2.36. The summed E-state index contributed by atoms with van der Waals surface area (Å²) in [5.74, 6) is 1.48. The number of hydrogen-bond donors (Lipinski definition) is 1. The zero-order chi connectivity index (χ0) is 12.4. The molecular formula is C14H25N3. The molecule has 3 nitrogen and oxygen atoms in total. The lowest BCUT2D eigenvalue weighted by atomic mass is 9.77. The van der Waals surface area contributed by atoms with Crippen LogP contribution in [0.15, 0.2) is 6.20 Å². The van der Waals surface area contributed by atoms with Crippen molar-refractivity contribution in [3.63, 3.8) is 0 Å². The van der Waals surface area contributed by atoms with E-state index in [0.29, 0.717) is 5.92 Å². The molecule has 0 aromatic carbocycles. The third-order valence-corrected chi connectivity index (χ3v) is 4.12. The Morgan fingerprint density at radius 1 is 1.53 bits per heavy atom. The largest absolute Gasteiger partial charge is 0.324 e. The zero-order valence-electron chi connectivity index (χ0n) is 11.3. The summed E-state index contributed by atoms with van der Waals surface area (Å²) in [5, 5.41) is 4.50. The standard InChI is InChI=1S/C14H25N3/c1-4-13-12(9-17(3)16-13)14(15)11-7-5-6-10(2)8-11/h9-11,14H,4-8,15H2,1-3H3. The van der Waals surface area contributed by atoms with Gasteiger partial charge in [-0.15, -0.1) is 0 Å². The summed E-state index contributed by atoms with van der Waals surface area (Å²) in [6.07, 6.45) is 8.36. The molecule has 17 heavy (non-hydrogen) atoms. The molecule has 1 fully saturated rings. The fourth-order valence-corrected chi connectivity index (χ4v) is 3.17. The number of rotatable bonds is 3. The summed E-state index contributed by atoms with van der Waals surface area (Å²) < 4.78 is 1.90. The van der Waals surface area contributed by atoms with Crippen LogP contribution in [0.1, 0.15) is 56.8 Å². The van der Waals surface area contributed by atoms with Crippen molar-refractivity contribution in [2.75, 3.05) is 0 Å². The van der Waals surface area contributed by atoms with Crippen LogP contribution in [-0.2, 0) is 13.5 Å². The minimum absolute atomic E-state index is 0.182. The van der Waals surface area contributed by atoms with Gasteiger partial charge < -0.3 is 5.73 Å². The Labute approximate surface area is 104 Å². The maximum Gasteiger partial charge on any atom is 0.0669 e. The molecular weight excluding hydrogens is 210 g/mol. The van der Waals surface area contributed by atoms with E-state index in [1.165, 1.54) is 36.9 Å². The van der Waals surface area contributed by atoms with E-state index >= 15 is 0 Å². The van der Waals surface area contributed by atoms with Gasteiger partial charge in [0, 0.05) is 24.8 Å². The Bertz CT molecular complexity index is 370. The Morgan fingerprint density at radius 2 is 2.29 bits per heavy atom. The van der Waals surface area contributed by atoms with Gasteiger partial charge >= 0.3 is 0 Å². The lowest BCUT2D eigenvalue weighted by molar-refractivity contribution is 0.247. The highest BCUT2D eigenvalue weighted by molar-refractivity contribution is 5.22. The maximum absolute atomic E-state index is 6.47. The van der Waals surface area contributed by atoms with Crippen LogP contribution in [0.2, 0.25) is 0 Å². The Hall–Kier alpha value is -0.830. The Balaban J connectivity index is 2.14. The van der Waals surface area contributed by atoms with Crippen molar-refractivity contribution in [3.05, 3.63) is 17.5 Å². The topological polar surface area (TPSA) is 43.8 Å². The molecule has 0 saturated heterocycles. The molecule has 0 spiro atoms. The molecule has 0 amide bonds. The van der Waals surface area contributed by atoms with E-state index in [9.17, 15) is 0 Å². The van der Waals surface area contributed by atoms with Gasteiger partial charge in [-0.25, -0.2) is 0 Å². The van der Waals surface area contributed by atoms with E-state index in [1.807, 2.05) is 11.7 Å². The van der Waals surface area contributed by atoms with E-state index in [4.69, 9.17) is 5.73 Å². The van der Waals surface area contributed by atoms with Gasteiger partial charge in [0.25, 0.3) is 0 Å². The van der Waals surface area contributed by atoms with Gasteiger partial charge in [-0.2, -0.15) is 5.10 Å². The summed E-state index contributed by atoms with van der Waals surface area (Å²) in [6.45, 7) is 4.50. The van der Waals surface area contributed by atoms with Gasteiger partial charge in [0.2, 0.25) is 0 Å². The quantitative estimate of drug-likeness (QED) is 0.875. The summed E-state index contributed by atoms with van der Waals surface area (Å²) in [6, 6.07) is 0.182. The van der Waals surface area contributed by atoms with Gasteiger partial charge in [0.1, 0.15) is 0 Å². The number of aromatic nitrogens is 2. The molecule has 96 valence electrons. The van der Waals surface area contributed by atoms with Gasteiger partial charge in [-0.05, 0) is 31.1 Å². The second-order valence-electron chi connectivity index (χ2n) is 5.62. The zero-order valence-corrected chi connectivity index (χ0v) is 11.3. The average Bonchev–Trinajstić information content (AvgIpc) is 2.69. The molecule has 1 heterocycles. The Kier molecular flexibility index (Phi) is 3.87. The van der Waals surface area contributed by atoms with Crippen LogP contribution < -0.4 is 5.73 Å². The SMILES string of the molecule is CCc1nn(C)cc1C(N)C1CCCC(C)C1. The molecule has 0 bridgehead atoms. The predicted octanol–water partition coefficient (Wildman–Crippen LogP) is 2.81. The monoisotopic (exact) mass is 235 g/mol. The summed E-state index contributed by atoms with van der Waals surface area (Å²) in [7, 11) is 1.98. The third-order valence-electron chi connectivity index (χ3n) is 4.12. The van der Waals surface area contributed by atoms with Crippen LogP contribution in [0.3, 0.4) is 0 Å². The van der Waals surface area contributed by atoms with E-state index in [0.717, 1.165) is 12.3 Å². The van der Waals surface area contributed by atoms with Crippen molar-refractivity contribution >= 4 is 0 Å². The van der Waals surface area contributed by atoms with Crippen molar-refractivity contribution in [2.45, 2.75) is 52.0 Å². The second kappa shape index (κ2) is 5.21. The second-order valence-corrected chi connectivity index (χ2v) is 5.62. The minimum atomic E-state index is 0.182. The summed E-state index contributed by atoms with van der Waals surface area (Å²) in [5.41, 5.74) is 8.92. The normalized spacial score (nSPS) is 27.1. The molecule has 1 aromatic rings. The van der Waals surface area contributed by atoms with E-state index in [-0.39, 0.29) is 6.04 Å². The molecule has 2 rings (SSSR count). The first kappa shape index (κ1) is 12.6. The van der Waals surface area contributed by atoms with Crippen molar-refractivity contribution in [1.82, 2.24) is 9.78 Å². The van der Waals surface area contributed by atoms with Gasteiger partial charge in [-0.1, -0.05) is 26.7 Å². The third kappa shape index (κ3) is 2.71. The van der Waals surface area contributed by atoms with Crippen LogP contribution in [-0.4, -0.2) is 9.78 Å². The van der Waals surface area contributed by atoms with E-state index in [1.54, 1.807) is 0 Å². The first-order chi connectivity index (χ1) is 8.11. The number of hydrogen-bond acceptors (Lipinski definition) is 2. The Morgan fingerprint density at radius 3 is 2.94 bits per heavy atom. The van der Waals surface area contributed by atoms with Crippen LogP contribution in [0.4, 0.5) is 0 Å². The van der Waals surface area contributed by atoms with E-state index in [2.05, 4.69) is 25.1 Å². The molecule has 3 heteroatoms. The van der Waals surface area contributed by atoms with E-state index < -0.39 is 0 Å². The van der Waals surface area contributed by atoms with Crippen molar-refractivity contribution < 1.29 is 0 Å². The smallest absolute Gasteiger partial charge is 0.0669 e. The molecule has 1 aliphatic rings. The number of nitrogens with two attached hydrogens (primary N) is 1. The van der Waals surface area contributed by atoms with Crippen LogP contribution >= 0.6 is 0 Å². The van der Waals surface area contributed by atoms with Crippen LogP contribution in [0.25, 0.3) is 0 Å². The molecule has 1 aromatic heterocycles. The fourth-order valence-electron chi connectivity index (χ4n) is 3.17.